The minimum atomic E-state index is -0.0558. The molecule has 80 valence electrons. The molecule has 1 aliphatic rings. The van der Waals surface area contributed by atoms with E-state index in [1.165, 1.54) is 0 Å². The lowest BCUT2D eigenvalue weighted by molar-refractivity contribution is -0.130. The Hall–Kier alpha value is -1.10. The lowest BCUT2D eigenvalue weighted by Gasteiger charge is -2.15. The van der Waals surface area contributed by atoms with E-state index >= 15 is 0 Å². The van der Waals surface area contributed by atoms with Crippen LogP contribution in [0, 0.1) is 0 Å². The van der Waals surface area contributed by atoms with Crippen LogP contribution in [0.1, 0.15) is 12.8 Å². The number of nitrogens with zero attached hydrogens (tertiary/aromatic N) is 1. The third kappa shape index (κ3) is 2.45. The molecular formula is C9H17N3O2. The van der Waals surface area contributed by atoms with Crippen LogP contribution in [0.3, 0.4) is 0 Å². The van der Waals surface area contributed by atoms with Crippen LogP contribution in [-0.2, 0) is 9.59 Å². The summed E-state index contributed by atoms with van der Waals surface area (Å²) < 4.78 is 0. The monoisotopic (exact) mass is 199 g/mol. The van der Waals surface area contributed by atoms with E-state index in [1.54, 1.807) is 19.0 Å². The summed E-state index contributed by atoms with van der Waals surface area (Å²) in [5, 5.41) is 5.49. The van der Waals surface area contributed by atoms with Crippen molar-refractivity contribution in [3.8, 4) is 0 Å². The minimum Gasteiger partial charge on any atom is -0.359 e. The minimum absolute atomic E-state index is 0.0225. The van der Waals surface area contributed by atoms with E-state index in [2.05, 4.69) is 10.6 Å². The van der Waals surface area contributed by atoms with Crippen LogP contribution in [0.25, 0.3) is 0 Å². The molecule has 14 heavy (non-hydrogen) atoms. The zero-order valence-corrected chi connectivity index (χ0v) is 8.67. The van der Waals surface area contributed by atoms with Gasteiger partial charge in [-0.3, -0.25) is 9.59 Å². The van der Waals surface area contributed by atoms with Crippen molar-refractivity contribution in [3.63, 3.8) is 0 Å². The molecule has 0 bridgehead atoms. The van der Waals surface area contributed by atoms with Crippen molar-refractivity contribution in [1.82, 2.24) is 15.5 Å². The highest BCUT2D eigenvalue weighted by Crippen LogP contribution is 2.10. The molecule has 1 rings (SSSR count). The van der Waals surface area contributed by atoms with E-state index in [-0.39, 0.29) is 17.9 Å². The molecule has 5 nitrogen and oxygen atoms in total. The van der Waals surface area contributed by atoms with E-state index in [0.29, 0.717) is 13.0 Å². The second kappa shape index (κ2) is 4.95. The van der Waals surface area contributed by atoms with Crippen molar-refractivity contribution in [2.75, 3.05) is 27.2 Å². The van der Waals surface area contributed by atoms with Crippen molar-refractivity contribution >= 4 is 11.8 Å². The van der Waals surface area contributed by atoms with Gasteiger partial charge in [-0.05, 0) is 13.5 Å². The average Bonchev–Trinajstić information content (AvgIpc) is 2.56. The van der Waals surface area contributed by atoms with Gasteiger partial charge in [-0.25, -0.2) is 0 Å². The molecule has 0 aromatic heterocycles. The van der Waals surface area contributed by atoms with E-state index in [9.17, 15) is 9.59 Å². The zero-order valence-electron chi connectivity index (χ0n) is 8.67. The van der Waals surface area contributed by atoms with Crippen LogP contribution in [0.5, 0.6) is 0 Å². The van der Waals surface area contributed by atoms with E-state index in [0.717, 1.165) is 13.0 Å². The molecule has 1 atom stereocenters. The second-order valence-corrected chi connectivity index (χ2v) is 3.38. The molecule has 2 amide bonds. The molecule has 2 N–H and O–H groups in total. The average molecular weight is 199 g/mol. The van der Waals surface area contributed by atoms with Crippen LogP contribution in [0.15, 0.2) is 0 Å². The molecular weight excluding hydrogens is 182 g/mol. The summed E-state index contributed by atoms with van der Waals surface area (Å²) >= 11 is 0. The molecule has 0 spiro atoms. The van der Waals surface area contributed by atoms with Crippen molar-refractivity contribution < 1.29 is 9.59 Å². The first kappa shape index (κ1) is 11.0. The van der Waals surface area contributed by atoms with Crippen molar-refractivity contribution in [3.05, 3.63) is 0 Å². The summed E-state index contributed by atoms with van der Waals surface area (Å²) in [5.41, 5.74) is 0. The van der Waals surface area contributed by atoms with Crippen molar-refractivity contribution in [2.24, 2.45) is 0 Å². The van der Waals surface area contributed by atoms with Gasteiger partial charge in [0.2, 0.25) is 11.8 Å². The van der Waals surface area contributed by atoms with Crippen LogP contribution >= 0.6 is 0 Å². The topological polar surface area (TPSA) is 61.4 Å². The summed E-state index contributed by atoms with van der Waals surface area (Å²) in [7, 11) is 3.38. The van der Waals surface area contributed by atoms with E-state index in [1.807, 2.05) is 0 Å². The fraction of sp³-hybridized carbons (Fsp3) is 0.778. The number of rotatable bonds is 4. The SMILES string of the molecule is CNC(=O)CCN1CCC(NC)C1=O. The van der Waals surface area contributed by atoms with Crippen molar-refractivity contribution in [1.29, 1.82) is 0 Å². The third-order valence-electron chi connectivity index (χ3n) is 2.53. The van der Waals surface area contributed by atoms with Crippen LogP contribution in [0.2, 0.25) is 0 Å². The van der Waals surface area contributed by atoms with Gasteiger partial charge >= 0.3 is 0 Å². The number of nitrogens with one attached hydrogen (secondary N) is 2. The number of amides is 2. The smallest absolute Gasteiger partial charge is 0.239 e. The van der Waals surface area contributed by atoms with Gasteiger partial charge in [0.25, 0.3) is 0 Å². The maximum absolute atomic E-state index is 11.6. The Kier molecular flexibility index (Phi) is 3.88. The highest BCUT2D eigenvalue weighted by atomic mass is 16.2. The Morgan fingerprint density at radius 3 is 2.79 bits per heavy atom. The molecule has 5 heteroatoms. The Morgan fingerprint density at radius 2 is 2.29 bits per heavy atom. The van der Waals surface area contributed by atoms with Gasteiger partial charge < -0.3 is 15.5 Å². The Balaban J connectivity index is 2.33. The van der Waals surface area contributed by atoms with Gasteiger partial charge in [-0.2, -0.15) is 0 Å². The quantitative estimate of drug-likeness (QED) is 0.607. The predicted molar refractivity (Wildman–Crippen MR) is 52.7 cm³/mol. The van der Waals surface area contributed by atoms with Crippen LogP contribution in [0.4, 0.5) is 0 Å². The first-order valence-electron chi connectivity index (χ1n) is 4.85. The number of carbonyl (C=O) groups excluding carboxylic acids is 2. The summed E-state index contributed by atoms with van der Waals surface area (Å²) in [6.07, 6.45) is 1.22. The first-order valence-corrected chi connectivity index (χ1v) is 4.85. The van der Waals surface area contributed by atoms with E-state index < -0.39 is 0 Å². The van der Waals surface area contributed by atoms with Crippen LogP contribution < -0.4 is 10.6 Å². The Morgan fingerprint density at radius 1 is 1.57 bits per heavy atom. The fourth-order valence-corrected chi connectivity index (χ4v) is 1.59. The standard InChI is InChI=1S/C9H17N3O2/c1-10-7-3-5-12(9(7)14)6-4-8(13)11-2/h7,10H,3-6H2,1-2H3,(H,11,13). The lowest BCUT2D eigenvalue weighted by Crippen LogP contribution is -2.37. The van der Waals surface area contributed by atoms with Gasteiger partial charge in [-0.1, -0.05) is 0 Å². The molecule has 0 radical (unpaired) electrons. The number of hydrogen-bond acceptors (Lipinski definition) is 3. The van der Waals surface area contributed by atoms with E-state index in [4.69, 9.17) is 0 Å². The maximum Gasteiger partial charge on any atom is 0.239 e. The van der Waals surface area contributed by atoms with Crippen LogP contribution in [-0.4, -0.2) is 49.9 Å². The Bertz CT molecular complexity index is 230. The number of hydrogen-bond donors (Lipinski definition) is 2. The molecule has 0 saturated carbocycles. The number of likely N-dealkylation sites (N-methyl/N-ethyl adjacent to an activating group) is 1. The normalized spacial score (nSPS) is 21.4. The highest BCUT2D eigenvalue weighted by molar-refractivity contribution is 5.84. The molecule has 0 aromatic rings. The summed E-state index contributed by atoms with van der Waals surface area (Å²) in [6.45, 7) is 1.28. The predicted octanol–water partition coefficient (Wildman–Crippen LogP) is -1.06. The summed E-state index contributed by atoms with van der Waals surface area (Å²) in [6, 6.07) is -0.0558. The molecule has 0 aromatic carbocycles. The first-order chi connectivity index (χ1) is 6.69. The fourth-order valence-electron chi connectivity index (χ4n) is 1.59. The highest BCUT2D eigenvalue weighted by Gasteiger charge is 2.29. The molecule has 1 unspecified atom stereocenters. The van der Waals surface area contributed by atoms with Gasteiger partial charge in [0.15, 0.2) is 0 Å². The molecule has 1 saturated heterocycles. The lowest BCUT2D eigenvalue weighted by atomic mass is 10.3. The second-order valence-electron chi connectivity index (χ2n) is 3.38. The van der Waals surface area contributed by atoms with Crippen molar-refractivity contribution in [2.45, 2.75) is 18.9 Å². The summed E-state index contributed by atoms with van der Waals surface area (Å²) in [4.78, 5) is 24.3. The van der Waals surface area contributed by atoms with Gasteiger partial charge in [-0.15, -0.1) is 0 Å². The molecule has 1 heterocycles. The largest absolute Gasteiger partial charge is 0.359 e. The summed E-state index contributed by atoms with van der Waals surface area (Å²) in [5.74, 6) is 0.0853. The molecule has 0 aliphatic carbocycles. The third-order valence-corrected chi connectivity index (χ3v) is 2.53. The van der Waals surface area contributed by atoms with Gasteiger partial charge in [0.1, 0.15) is 0 Å². The van der Waals surface area contributed by atoms with Gasteiger partial charge in [0, 0.05) is 26.6 Å². The number of likely N-dealkylation sites (tertiary alicyclic amines) is 1. The molecule has 1 aliphatic heterocycles. The Labute approximate surface area is 83.8 Å². The molecule has 1 fully saturated rings. The zero-order chi connectivity index (χ0) is 10.6. The number of carbonyl (C=O) groups is 2. The maximum atomic E-state index is 11.6. The van der Waals surface area contributed by atoms with Gasteiger partial charge in [0.05, 0.1) is 6.04 Å².